The van der Waals surface area contributed by atoms with Gasteiger partial charge in [-0.2, -0.15) is 0 Å². The third kappa shape index (κ3) is 5.03. The SMILES string of the molecule is O=C([O-])C[C@H]([NH2+]Cc1ccccc1)C(=O)Nc1ccccc1. The summed E-state index contributed by atoms with van der Waals surface area (Å²) in [6, 6.07) is 17.8. The zero-order valence-electron chi connectivity index (χ0n) is 12.1. The number of benzene rings is 2. The molecule has 0 aliphatic carbocycles. The Bertz CT molecular complexity index is 614. The van der Waals surface area contributed by atoms with Crippen LogP contribution in [-0.2, 0) is 16.1 Å². The minimum absolute atomic E-state index is 0.328. The van der Waals surface area contributed by atoms with Gasteiger partial charge in [-0.1, -0.05) is 48.5 Å². The fraction of sp³-hybridized carbons (Fsp3) is 0.176. The molecule has 0 radical (unpaired) electrons. The molecule has 114 valence electrons. The molecular weight excluding hydrogens is 280 g/mol. The van der Waals surface area contributed by atoms with Crippen molar-refractivity contribution >= 4 is 17.6 Å². The minimum atomic E-state index is -1.24. The maximum Gasteiger partial charge on any atom is 0.283 e. The number of hydrogen-bond donors (Lipinski definition) is 2. The molecule has 2 aromatic carbocycles. The lowest BCUT2D eigenvalue weighted by molar-refractivity contribution is -0.691. The Labute approximate surface area is 129 Å². The molecule has 2 rings (SSSR count). The number of nitrogens with one attached hydrogen (secondary N) is 1. The molecule has 5 nitrogen and oxygen atoms in total. The van der Waals surface area contributed by atoms with E-state index in [-0.39, 0.29) is 12.3 Å². The summed E-state index contributed by atoms with van der Waals surface area (Å²) in [5.41, 5.74) is 1.67. The number of hydrogen-bond acceptors (Lipinski definition) is 3. The van der Waals surface area contributed by atoms with Crippen LogP contribution in [0.4, 0.5) is 5.69 Å². The summed E-state index contributed by atoms with van der Waals surface area (Å²) in [6.07, 6.45) is -0.328. The van der Waals surface area contributed by atoms with Gasteiger partial charge in [0, 0.05) is 23.6 Å². The Hall–Kier alpha value is -2.66. The van der Waals surface area contributed by atoms with Crippen LogP contribution in [0.15, 0.2) is 60.7 Å². The first-order valence-corrected chi connectivity index (χ1v) is 7.08. The van der Waals surface area contributed by atoms with E-state index in [2.05, 4.69) is 5.32 Å². The highest BCUT2D eigenvalue weighted by Crippen LogP contribution is 2.05. The molecule has 2 aromatic rings. The van der Waals surface area contributed by atoms with Crippen LogP contribution >= 0.6 is 0 Å². The van der Waals surface area contributed by atoms with Gasteiger partial charge in [0.2, 0.25) is 0 Å². The Morgan fingerprint density at radius 1 is 1.00 bits per heavy atom. The molecule has 0 saturated carbocycles. The van der Waals surface area contributed by atoms with Crippen LogP contribution in [0.2, 0.25) is 0 Å². The number of para-hydroxylation sites is 1. The lowest BCUT2D eigenvalue weighted by Crippen LogP contribution is -2.91. The molecule has 0 bridgehead atoms. The van der Waals surface area contributed by atoms with Crippen molar-refractivity contribution < 1.29 is 20.0 Å². The van der Waals surface area contributed by atoms with Crippen LogP contribution < -0.4 is 15.7 Å². The maximum absolute atomic E-state index is 12.2. The van der Waals surface area contributed by atoms with E-state index in [1.165, 1.54) is 0 Å². The van der Waals surface area contributed by atoms with E-state index < -0.39 is 12.0 Å². The Morgan fingerprint density at radius 3 is 2.18 bits per heavy atom. The largest absolute Gasteiger partial charge is 0.550 e. The maximum atomic E-state index is 12.2. The average Bonchev–Trinajstić information content (AvgIpc) is 2.53. The van der Waals surface area contributed by atoms with E-state index in [0.29, 0.717) is 12.2 Å². The summed E-state index contributed by atoms with van der Waals surface area (Å²) < 4.78 is 0. The normalized spacial score (nSPS) is 11.6. The molecule has 0 aliphatic heterocycles. The van der Waals surface area contributed by atoms with Gasteiger partial charge >= 0.3 is 0 Å². The van der Waals surface area contributed by atoms with Gasteiger partial charge in [-0.05, 0) is 12.1 Å². The van der Waals surface area contributed by atoms with Gasteiger partial charge in [-0.3, -0.25) is 4.79 Å². The smallest absolute Gasteiger partial charge is 0.283 e. The number of anilines is 1. The lowest BCUT2D eigenvalue weighted by atomic mass is 10.1. The highest BCUT2D eigenvalue weighted by molar-refractivity contribution is 5.95. The number of rotatable bonds is 7. The van der Waals surface area contributed by atoms with Crippen LogP contribution in [0, 0.1) is 0 Å². The summed E-state index contributed by atoms with van der Waals surface area (Å²) in [5, 5.41) is 15.3. The van der Waals surface area contributed by atoms with E-state index in [1.807, 2.05) is 36.4 Å². The van der Waals surface area contributed by atoms with Crippen LogP contribution in [0.3, 0.4) is 0 Å². The Morgan fingerprint density at radius 2 is 1.59 bits per heavy atom. The molecule has 0 heterocycles. The molecule has 5 heteroatoms. The first kappa shape index (κ1) is 15.7. The number of nitrogens with two attached hydrogens (primary N) is 1. The first-order chi connectivity index (χ1) is 10.6. The number of amides is 1. The van der Waals surface area contributed by atoms with Crippen molar-refractivity contribution in [2.24, 2.45) is 0 Å². The third-order valence-electron chi connectivity index (χ3n) is 3.25. The number of carbonyl (C=O) groups is 2. The van der Waals surface area contributed by atoms with Gasteiger partial charge < -0.3 is 20.5 Å². The van der Waals surface area contributed by atoms with Crippen LogP contribution in [0.1, 0.15) is 12.0 Å². The minimum Gasteiger partial charge on any atom is -0.550 e. The van der Waals surface area contributed by atoms with Crippen molar-refractivity contribution in [3.63, 3.8) is 0 Å². The second-order valence-corrected chi connectivity index (χ2v) is 4.96. The molecule has 0 spiro atoms. The van der Waals surface area contributed by atoms with E-state index in [0.717, 1.165) is 5.56 Å². The third-order valence-corrected chi connectivity index (χ3v) is 3.25. The highest BCUT2D eigenvalue weighted by Gasteiger charge is 2.22. The lowest BCUT2D eigenvalue weighted by Gasteiger charge is -2.16. The van der Waals surface area contributed by atoms with Crippen LogP contribution in [0.25, 0.3) is 0 Å². The molecule has 0 fully saturated rings. The summed E-state index contributed by atoms with van der Waals surface area (Å²) in [7, 11) is 0. The molecule has 3 N–H and O–H groups in total. The van der Waals surface area contributed by atoms with Gasteiger partial charge in [0.15, 0.2) is 6.04 Å². The topological polar surface area (TPSA) is 85.8 Å². The second kappa shape index (κ2) is 7.95. The molecule has 0 unspecified atom stereocenters. The van der Waals surface area contributed by atoms with Crippen molar-refractivity contribution in [3.8, 4) is 0 Å². The quantitative estimate of drug-likeness (QED) is 0.748. The summed E-state index contributed by atoms with van der Waals surface area (Å²) in [6.45, 7) is 0.529. The van der Waals surface area contributed by atoms with Crippen molar-refractivity contribution in [1.29, 1.82) is 0 Å². The van der Waals surface area contributed by atoms with Gasteiger partial charge in [-0.15, -0.1) is 0 Å². The fourth-order valence-corrected chi connectivity index (χ4v) is 2.11. The zero-order valence-corrected chi connectivity index (χ0v) is 12.1. The van der Waals surface area contributed by atoms with Gasteiger partial charge in [-0.25, -0.2) is 0 Å². The zero-order chi connectivity index (χ0) is 15.8. The van der Waals surface area contributed by atoms with Crippen LogP contribution in [0.5, 0.6) is 0 Å². The number of carboxylic acid groups (broad SMARTS) is 1. The van der Waals surface area contributed by atoms with Crippen molar-refractivity contribution in [2.75, 3.05) is 5.32 Å². The average molecular weight is 298 g/mol. The summed E-state index contributed by atoms with van der Waals surface area (Å²) in [4.78, 5) is 23.1. The number of carbonyl (C=O) groups excluding carboxylic acids is 2. The van der Waals surface area contributed by atoms with Crippen molar-refractivity contribution in [3.05, 3.63) is 66.2 Å². The van der Waals surface area contributed by atoms with E-state index in [4.69, 9.17) is 0 Å². The molecule has 0 aromatic heterocycles. The summed E-state index contributed by atoms with van der Waals surface area (Å²) >= 11 is 0. The molecular formula is C17H18N2O3. The summed E-state index contributed by atoms with van der Waals surface area (Å²) in [5.74, 6) is -1.58. The first-order valence-electron chi connectivity index (χ1n) is 7.08. The molecule has 1 atom stereocenters. The fourth-order valence-electron chi connectivity index (χ4n) is 2.11. The van der Waals surface area contributed by atoms with E-state index in [9.17, 15) is 14.7 Å². The molecule has 0 aliphatic rings. The standard InChI is InChI=1S/C17H18N2O3/c20-16(21)11-15(18-12-13-7-3-1-4-8-13)17(22)19-14-9-5-2-6-10-14/h1-10,15,18H,11-12H2,(H,19,22)(H,20,21)/t15-/m0/s1. The predicted octanol–water partition coefficient (Wildman–Crippen LogP) is -0.103. The number of quaternary nitrogens is 1. The van der Waals surface area contributed by atoms with E-state index >= 15 is 0 Å². The van der Waals surface area contributed by atoms with Gasteiger partial charge in [0.1, 0.15) is 6.54 Å². The molecule has 1 amide bonds. The van der Waals surface area contributed by atoms with Crippen molar-refractivity contribution in [2.45, 2.75) is 19.0 Å². The van der Waals surface area contributed by atoms with Gasteiger partial charge in [0.25, 0.3) is 5.91 Å². The predicted molar refractivity (Wildman–Crippen MR) is 80.6 cm³/mol. The Balaban J connectivity index is 1.98. The van der Waals surface area contributed by atoms with Gasteiger partial charge in [0.05, 0.1) is 0 Å². The number of aliphatic carboxylic acids is 1. The number of carboxylic acids is 1. The monoisotopic (exact) mass is 298 g/mol. The Kier molecular flexibility index (Phi) is 5.68. The molecule has 22 heavy (non-hydrogen) atoms. The molecule has 0 saturated heterocycles. The highest BCUT2D eigenvalue weighted by atomic mass is 16.4. The van der Waals surface area contributed by atoms with E-state index in [1.54, 1.807) is 29.6 Å². The second-order valence-electron chi connectivity index (χ2n) is 4.96. The van der Waals surface area contributed by atoms with Crippen molar-refractivity contribution in [1.82, 2.24) is 0 Å². The van der Waals surface area contributed by atoms with Crippen LogP contribution in [-0.4, -0.2) is 17.9 Å².